The number of ether oxygens (including phenoxy) is 2. The Kier molecular flexibility index (Phi) is 7.94. The number of methoxy groups -OCH3 is 2. The van der Waals surface area contributed by atoms with Gasteiger partial charge in [0.05, 0.1) is 20.8 Å². The first-order valence-electron chi connectivity index (χ1n) is 7.80. The van der Waals surface area contributed by atoms with Crippen LogP contribution in [0.25, 0.3) is 0 Å². The average molecular weight is 322 g/mol. The lowest BCUT2D eigenvalue weighted by atomic mass is 10.1. The van der Waals surface area contributed by atoms with Gasteiger partial charge in [0.15, 0.2) is 0 Å². The number of nitrogens with zero attached hydrogens (tertiary/aromatic N) is 1. The van der Waals surface area contributed by atoms with Crippen molar-refractivity contribution < 1.29 is 19.1 Å². The molecule has 1 aromatic carbocycles. The van der Waals surface area contributed by atoms with Crippen LogP contribution in [-0.4, -0.2) is 50.6 Å². The molecule has 128 valence electrons. The first kappa shape index (κ1) is 18.8. The quantitative estimate of drug-likeness (QED) is 0.750. The second-order valence-electron chi connectivity index (χ2n) is 5.08. The van der Waals surface area contributed by atoms with Crippen molar-refractivity contribution in [2.24, 2.45) is 0 Å². The minimum Gasteiger partial charge on any atom is -0.497 e. The highest BCUT2D eigenvalue weighted by Crippen LogP contribution is 2.23. The van der Waals surface area contributed by atoms with Crippen LogP contribution in [0.15, 0.2) is 18.2 Å². The van der Waals surface area contributed by atoms with Crippen molar-refractivity contribution in [2.45, 2.75) is 26.7 Å². The molecule has 1 N–H and O–H groups in total. The number of aryl methyl sites for hydroxylation is 1. The van der Waals surface area contributed by atoms with E-state index in [1.807, 2.05) is 26.0 Å². The highest BCUT2D eigenvalue weighted by Gasteiger charge is 2.15. The van der Waals surface area contributed by atoms with E-state index >= 15 is 0 Å². The monoisotopic (exact) mass is 322 g/mol. The van der Waals surface area contributed by atoms with Crippen LogP contribution in [0.1, 0.15) is 25.8 Å². The molecule has 0 aliphatic carbocycles. The summed E-state index contributed by atoms with van der Waals surface area (Å²) in [4.78, 5) is 25.5. The molecule has 0 spiro atoms. The highest BCUT2D eigenvalue weighted by molar-refractivity contribution is 5.84. The average Bonchev–Trinajstić information content (AvgIpc) is 2.57. The summed E-state index contributed by atoms with van der Waals surface area (Å²) in [5, 5.41) is 2.70. The number of carbonyl (C=O) groups excluding carboxylic acids is 2. The minimum absolute atomic E-state index is 0.0412. The zero-order chi connectivity index (χ0) is 17.2. The van der Waals surface area contributed by atoms with Gasteiger partial charge in [-0.2, -0.15) is 0 Å². The molecule has 0 aliphatic heterocycles. The predicted octanol–water partition coefficient (Wildman–Crippen LogP) is 1.62. The zero-order valence-electron chi connectivity index (χ0n) is 14.3. The van der Waals surface area contributed by atoms with Crippen LogP contribution < -0.4 is 14.8 Å². The maximum Gasteiger partial charge on any atom is 0.239 e. The third-order valence-electron chi connectivity index (χ3n) is 3.48. The van der Waals surface area contributed by atoms with Crippen molar-refractivity contribution in [2.75, 3.05) is 33.9 Å². The van der Waals surface area contributed by atoms with Crippen molar-refractivity contribution in [1.82, 2.24) is 10.2 Å². The summed E-state index contributed by atoms with van der Waals surface area (Å²) >= 11 is 0. The third-order valence-corrected chi connectivity index (χ3v) is 3.48. The van der Waals surface area contributed by atoms with E-state index in [1.54, 1.807) is 25.2 Å². The number of benzene rings is 1. The van der Waals surface area contributed by atoms with E-state index in [4.69, 9.17) is 9.47 Å². The Labute approximate surface area is 137 Å². The Hall–Kier alpha value is -2.24. The summed E-state index contributed by atoms with van der Waals surface area (Å²) in [6, 6.07) is 5.56. The number of amides is 2. The number of rotatable bonds is 9. The van der Waals surface area contributed by atoms with Crippen LogP contribution in [0.2, 0.25) is 0 Å². The van der Waals surface area contributed by atoms with Crippen LogP contribution >= 0.6 is 0 Å². The van der Waals surface area contributed by atoms with Gasteiger partial charge < -0.3 is 19.7 Å². The van der Waals surface area contributed by atoms with Gasteiger partial charge in [-0.1, -0.05) is 0 Å². The number of hydrogen-bond acceptors (Lipinski definition) is 4. The number of carbonyl (C=O) groups is 2. The Morgan fingerprint density at radius 1 is 1.09 bits per heavy atom. The molecule has 0 atom stereocenters. The molecule has 0 radical (unpaired) electrons. The molecule has 0 saturated carbocycles. The fourth-order valence-corrected chi connectivity index (χ4v) is 2.22. The summed E-state index contributed by atoms with van der Waals surface area (Å²) in [7, 11) is 3.18. The number of nitrogens with one attached hydrogen (secondary N) is 1. The van der Waals surface area contributed by atoms with E-state index in [1.165, 1.54) is 0 Å². The van der Waals surface area contributed by atoms with Gasteiger partial charge in [0.2, 0.25) is 11.8 Å². The second kappa shape index (κ2) is 9.71. The summed E-state index contributed by atoms with van der Waals surface area (Å²) in [5.74, 6) is 1.22. The number of hydrogen-bond donors (Lipinski definition) is 1. The smallest absolute Gasteiger partial charge is 0.239 e. The molecule has 6 nitrogen and oxygen atoms in total. The minimum atomic E-state index is -0.134. The van der Waals surface area contributed by atoms with Gasteiger partial charge >= 0.3 is 0 Å². The molecular weight excluding hydrogens is 296 g/mol. The van der Waals surface area contributed by atoms with Crippen LogP contribution in [0.4, 0.5) is 0 Å². The van der Waals surface area contributed by atoms with E-state index in [9.17, 15) is 9.59 Å². The van der Waals surface area contributed by atoms with Gasteiger partial charge in [0, 0.05) is 25.6 Å². The van der Waals surface area contributed by atoms with Crippen LogP contribution in [0, 0.1) is 0 Å². The highest BCUT2D eigenvalue weighted by atomic mass is 16.5. The molecule has 6 heteroatoms. The summed E-state index contributed by atoms with van der Waals surface area (Å²) in [5.41, 5.74) is 0.962. The molecule has 0 saturated heterocycles. The standard InChI is InChI=1S/C17H26N2O4/c1-5-18-16(20)12-19(6-2)17(21)8-7-13-9-14(22-3)11-15(10-13)23-4/h9-11H,5-8,12H2,1-4H3,(H,18,20). The molecule has 0 fully saturated rings. The Morgan fingerprint density at radius 2 is 1.70 bits per heavy atom. The lowest BCUT2D eigenvalue weighted by Gasteiger charge is -2.20. The second-order valence-corrected chi connectivity index (χ2v) is 5.08. The Bertz CT molecular complexity index is 509. The lowest BCUT2D eigenvalue weighted by molar-refractivity contribution is -0.135. The zero-order valence-corrected chi connectivity index (χ0v) is 14.3. The Morgan fingerprint density at radius 3 is 2.17 bits per heavy atom. The molecule has 2 amide bonds. The molecule has 0 bridgehead atoms. The first-order valence-corrected chi connectivity index (χ1v) is 7.80. The van der Waals surface area contributed by atoms with Gasteiger partial charge in [0.1, 0.15) is 11.5 Å². The fraction of sp³-hybridized carbons (Fsp3) is 0.529. The van der Waals surface area contributed by atoms with Gasteiger partial charge in [-0.25, -0.2) is 0 Å². The fourth-order valence-electron chi connectivity index (χ4n) is 2.22. The largest absolute Gasteiger partial charge is 0.497 e. The van der Waals surface area contributed by atoms with Crippen molar-refractivity contribution >= 4 is 11.8 Å². The van der Waals surface area contributed by atoms with Crippen LogP contribution in [0.3, 0.4) is 0 Å². The third kappa shape index (κ3) is 6.18. The van der Waals surface area contributed by atoms with Crippen molar-refractivity contribution in [3.8, 4) is 11.5 Å². The summed E-state index contributed by atoms with van der Waals surface area (Å²) in [6.45, 7) is 4.90. The molecule has 1 aromatic rings. The van der Waals surface area contributed by atoms with Gasteiger partial charge in [0.25, 0.3) is 0 Å². The van der Waals surface area contributed by atoms with E-state index in [-0.39, 0.29) is 18.4 Å². The van der Waals surface area contributed by atoms with Gasteiger partial charge in [-0.15, -0.1) is 0 Å². The van der Waals surface area contributed by atoms with E-state index < -0.39 is 0 Å². The topological polar surface area (TPSA) is 67.9 Å². The van der Waals surface area contributed by atoms with Gasteiger partial charge in [-0.3, -0.25) is 9.59 Å². The predicted molar refractivity (Wildman–Crippen MR) is 88.8 cm³/mol. The van der Waals surface area contributed by atoms with E-state index in [0.717, 1.165) is 5.56 Å². The normalized spacial score (nSPS) is 10.1. The maximum atomic E-state index is 12.3. The van der Waals surface area contributed by atoms with Gasteiger partial charge in [-0.05, 0) is 38.0 Å². The Balaban J connectivity index is 2.65. The molecule has 23 heavy (non-hydrogen) atoms. The molecule has 0 aromatic heterocycles. The van der Waals surface area contributed by atoms with Crippen molar-refractivity contribution in [1.29, 1.82) is 0 Å². The lowest BCUT2D eigenvalue weighted by Crippen LogP contribution is -2.40. The summed E-state index contributed by atoms with van der Waals surface area (Å²) in [6.07, 6.45) is 0.905. The number of likely N-dealkylation sites (N-methyl/N-ethyl adjacent to an activating group) is 2. The van der Waals surface area contributed by atoms with E-state index in [2.05, 4.69) is 5.32 Å². The van der Waals surface area contributed by atoms with Crippen LogP contribution in [-0.2, 0) is 16.0 Å². The van der Waals surface area contributed by atoms with Crippen molar-refractivity contribution in [3.05, 3.63) is 23.8 Å². The molecule has 1 rings (SSSR count). The van der Waals surface area contributed by atoms with Crippen molar-refractivity contribution in [3.63, 3.8) is 0 Å². The summed E-state index contributed by atoms with van der Waals surface area (Å²) < 4.78 is 10.4. The van der Waals surface area contributed by atoms with E-state index in [0.29, 0.717) is 37.4 Å². The SMILES string of the molecule is CCNC(=O)CN(CC)C(=O)CCc1cc(OC)cc(OC)c1. The molecule has 0 aliphatic rings. The maximum absolute atomic E-state index is 12.3. The molecule has 0 heterocycles. The molecule has 0 unspecified atom stereocenters. The van der Waals surface area contributed by atoms with Crippen LogP contribution in [0.5, 0.6) is 11.5 Å². The molecular formula is C17H26N2O4. The first-order chi connectivity index (χ1) is 11.0.